The second kappa shape index (κ2) is 5.29. The average Bonchev–Trinajstić information content (AvgIpc) is 2.28. The second-order valence-electron chi connectivity index (χ2n) is 3.19. The molecule has 18 heavy (non-hydrogen) atoms. The Morgan fingerprint density at radius 3 is 2.61 bits per heavy atom. The van der Waals surface area contributed by atoms with Gasteiger partial charge in [-0.2, -0.15) is 0 Å². The maximum absolute atomic E-state index is 11.0. The molecular weight excluding hydrogens is 271 g/mol. The summed E-state index contributed by atoms with van der Waals surface area (Å²) < 4.78 is 33.1. The Labute approximate surface area is 124 Å². The van der Waals surface area contributed by atoms with Gasteiger partial charge in [-0.1, -0.05) is 0 Å². The van der Waals surface area contributed by atoms with Gasteiger partial charge >= 0.3 is 29.6 Å². The largest absolute Gasteiger partial charge is 1.00 e. The van der Waals surface area contributed by atoms with Crippen molar-refractivity contribution >= 4 is 26.7 Å². The van der Waals surface area contributed by atoms with Gasteiger partial charge in [0.1, 0.15) is 15.6 Å². The molecule has 9 heteroatoms. The van der Waals surface area contributed by atoms with E-state index in [1.807, 2.05) is 0 Å². The standard InChI is InChI=1S/C9H6N2O5S.Na/c12-9-6(11-13)4-7(17(14,15)16)5-2-1-3-10-8(5)9;/h1-4,12H,(H,14,15,16);/q;+1/p-1. The van der Waals surface area contributed by atoms with E-state index in [9.17, 15) is 23.0 Å². The Morgan fingerprint density at radius 2 is 2.06 bits per heavy atom. The van der Waals surface area contributed by atoms with E-state index in [4.69, 9.17) is 0 Å². The van der Waals surface area contributed by atoms with E-state index in [2.05, 4.69) is 10.2 Å². The predicted molar refractivity (Wildman–Crippen MR) is 56.8 cm³/mol. The van der Waals surface area contributed by atoms with E-state index < -0.39 is 26.5 Å². The van der Waals surface area contributed by atoms with Gasteiger partial charge in [0, 0.05) is 11.6 Å². The van der Waals surface area contributed by atoms with Crippen molar-refractivity contribution in [3.8, 4) is 5.75 Å². The maximum atomic E-state index is 11.0. The number of nitrogens with zero attached hydrogens (tertiary/aromatic N) is 2. The van der Waals surface area contributed by atoms with Gasteiger partial charge in [0.25, 0.3) is 0 Å². The zero-order chi connectivity index (χ0) is 12.6. The molecule has 1 N–H and O–H groups in total. The summed E-state index contributed by atoms with van der Waals surface area (Å²) in [6, 6.07) is 3.45. The number of fused-ring (bicyclic) bond motifs is 1. The Bertz CT molecular complexity index is 716. The zero-order valence-electron chi connectivity index (χ0n) is 9.19. The number of hydrogen-bond acceptors (Lipinski definition) is 7. The first kappa shape index (κ1) is 15.0. The number of benzene rings is 1. The number of hydrogen-bond donors (Lipinski definition) is 1. The minimum Gasteiger partial charge on any atom is -0.744 e. The van der Waals surface area contributed by atoms with Crippen molar-refractivity contribution in [1.82, 2.24) is 4.98 Å². The number of phenolic OH excluding ortho intramolecular Hbond substituents is 1. The number of aromatic nitrogens is 1. The molecule has 7 nitrogen and oxygen atoms in total. The Kier molecular flexibility index (Phi) is 4.41. The molecule has 2 aromatic rings. The maximum Gasteiger partial charge on any atom is 1.00 e. The van der Waals surface area contributed by atoms with E-state index in [1.54, 1.807) is 0 Å². The fraction of sp³-hybridized carbons (Fsp3) is 0. The van der Waals surface area contributed by atoms with Crippen LogP contribution >= 0.6 is 0 Å². The van der Waals surface area contributed by atoms with Gasteiger partial charge in [0.05, 0.1) is 4.90 Å². The van der Waals surface area contributed by atoms with Crippen LogP contribution < -0.4 is 29.6 Å². The zero-order valence-corrected chi connectivity index (χ0v) is 12.0. The molecule has 88 valence electrons. The van der Waals surface area contributed by atoms with E-state index in [0.29, 0.717) is 0 Å². The van der Waals surface area contributed by atoms with Crippen molar-refractivity contribution in [2.24, 2.45) is 5.18 Å². The minimum absolute atomic E-state index is 0. The van der Waals surface area contributed by atoms with Crippen LogP contribution in [0.4, 0.5) is 5.69 Å². The van der Waals surface area contributed by atoms with Crippen molar-refractivity contribution in [2.75, 3.05) is 0 Å². The number of pyridine rings is 1. The van der Waals surface area contributed by atoms with E-state index in [0.717, 1.165) is 6.07 Å². The van der Waals surface area contributed by atoms with Crippen LogP contribution in [-0.4, -0.2) is 23.1 Å². The molecule has 0 aliphatic heterocycles. The molecule has 0 saturated carbocycles. The molecule has 0 fully saturated rings. The number of phenols is 1. The molecule has 1 heterocycles. The third-order valence-electron chi connectivity index (χ3n) is 2.18. The molecule has 0 aliphatic carbocycles. The van der Waals surface area contributed by atoms with Gasteiger partial charge in [-0.3, -0.25) is 4.98 Å². The molecule has 0 radical (unpaired) electrons. The van der Waals surface area contributed by atoms with Crippen LogP contribution in [0.15, 0.2) is 34.5 Å². The van der Waals surface area contributed by atoms with Crippen molar-refractivity contribution in [2.45, 2.75) is 4.90 Å². The van der Waals surface area contributed by atoms with Crippen LogP contribution in [0, 0.1) is 4.91 Å². The first-order valence-corrected chi connectivity index (χ1v) is 5.76. The van der Waals surface area contributed by atoms with E-state index >= 15 is 0 Å². The van der Waals surface area contributed by atoms with Crippen LogP contribution in [0.3, 0.4) is 0 Å². The molecule has 2 rings (SSSR count). The predicted octanol–water partition coefficient (Wildman–Crippen LogP) is -1.75. The van der Waals surface area contributed by atoms with E-state index in [-0.39, 0.29) is 40.5 Å². The SMILES string of the molecule is O=Nc1cc(S(=O)(=O)[O-])c2cccnc2c1O.[Na+]. The quantitative estimate of drug-likeness (QED) is 0.394. The average molecular weight is 276 g/mol. The summed E-state index contributed by atoms with van der Waals surface area (Å²) in [4.78, 5) is 13.5. The first-order valence-electron chi connectivity index (χ1n) is 4.35. The van der Waals surface area contributed by atoms with Gasteiger partial charge < -0.3 is 9.66 Å². The van der Waals surface area contributed by atoms with Crippen LogP contribution in [0.2, 0.25) is 0 Å². The van der Waals surface area contributed by atoms with E-state index in [1.165, 1.54) is 18.3 Å². The number of aromatic hydroxyl groups is 1. The molecule has 0 saturated heterocycles. The summed E-state index contributed by atoms with van der Waals surface area (Å²) >= 11 is 0. The van der Waals surface area contributed by atoms with Gasteiger partial charge in [-0.05, 0) is 23.4 Å². The summed E-state index contributed by atoms with van der Waals surface area (Å²) in [7, 11) is -4.78. The fourth-order valence-electron chi connectivity index (χ4n) is 1.46. The molecule has 0 bridgehead atoms. The smallest absolute Gasteiger partial charge is 0.744 e. The molecule has 1 aromatic carbocycles. The van der Waals surface area contributed by atoms with Crippen LogP contribution in [0.25, 0.3) is 10.9 Å². The monoisotopic (exact) mass is 276 g/mol. The molecule has 1 aromatic heterocycles. The molecule has 0 aliphatic rings. The van der Waals surface area contributed by atoms with Crippen molar-refractivity contribution in [3.05, 3.63) is 29.3 Å². The fourth-order valence-corrected chi connectivity index (χ4v) is 2.15. The van der Waals surface area contributed by atoms with Gasteiger partial charge in [-0.15, -0.1) is 4.91 Å². The topological polar surface area (TPSA) is 120 Å². The third kappa shape index (κ3) is 2.52. The molecule has 0 atom stereocenters. The summed E-state index contributed by atoms with van der Waals surface area (Å²) in [5.74, 6) is -0.553. The molecule has 0 spiro atoms. The second-order valence-corrected chi connectivity index (χ2v) is 4.54. The normalized spacial score (nSPS) is 10.9. The summed E-state index contributed by atoms with van der Waals surface area (Å²) in [5, 5.41) is 12.0. The summed E-state index contributed by atoms with van der Waals surface area (Å²) in [6.45, 7) is 0. The Balaban J connectivity index is 0.00000162. The molecule has 0 unspecified atom stereocenters. The minimum atomic E-state index is -4.78. The van der Waals surface area contributed by atoms with Crippen LogP contribution in [-0.2, 0) is 10.1 Å². The Hall–Kier alpha value is -1.06. The number of rotatable bonds is 2. The van der Waals surface area contributed by atoms with Crippen molar-refractivity contribution in [3.63, 3.8) is 0 Å². The first-order chi connectivity index (χ1) is 7.95. The van der Waals surface area contributed by atoms with Crippen LogP contribution in [0.1, 0.15) is 0 Å². The van der Waals surface area contributed by atoms with Gasteiger partial charge in [0.2, 0.25) is 0 Å². The van der Waals surface area contributed by atoms with Gasteiger partial charge in [-0.25, -0.2) is 8.42 Å². The van der Waals surface area contributed by atoms with Crippen LogP contribution in [0.5, 0.6) is 5.75 Å². The summed E-state index contributed by atoms with van der Waals surface area (Å²) in [5.41, 5.74) is -0.690. The van der Waals surface area contributed by atoms with Crippen molar-refractivity contribution in [1.29, 1.82) is 0 Å². The molecule has 0 amide bonds. The summed E-state index contributed by atoms with van der Waals surface area (Å²) in [6.07, 6.45) is 1.29. The van der Waals surface area contributed by atoms with Crippen molar-refractivity contribution < 1.29 is 47.6 Å². The Morgan fingerprint density at radius 1 is 1.39 bits per heavy atom. The number of nitroso groups, excluding NO2 is 1. The molecular formula is C9H5N2NaO5S. The third-order valence-corrected chi connectivity index (χ3v) is 3.05. The van der Waals surface area contributed by atoms with Gasteiger partial charge in [0.15, 0.2) is 11.4 Å².